The van der Waals surface area contributed by atoms with Gasteiger partial charge in [-0.2, -0.15) is 0 Å². The smallest absolute Gasteiger partial charge is 0.0149 e. The zero-order valence-electron chi connectivity index (χ0n) is 12.5. The highest BCUT2D eigenvalue weighted by Crippen LogP contribution is 2.35. The van der Waals surface area contributed by atoms with E-state index in [1.165, 1.54) is 22.3 Å². The fourth-order valence-corrected chi connectivity index (χ4v) is 2.98. The molecule has 0 heterocycles. The molecular formula is C19H24. The molecule has 2 aromatic rings. The molecule has 0 radical (unpaired) electrons. The number of aryl methyl sites for hydroxylation is 1. The van der Waals surface area contributed by atoms with Crippen molar-refractivity contribution in [2.75, 3.05) is 0 Å². The molecule has 0 heteroatoms. The first kappa shape index (κ1) is 13.9. The third kappa shape index (κ3) is 2.58. The molecule has 0 amide bonds. The summed E-state index contributed by atoms with van der Waals surface area (Å²) in [5, 5.41) is 0. The van der Waals surface area contributed by atoms with Crippen LogP contribution >= 0.6 is 0 Å². The molecule has 0 atom stereocenters. The van der Waals surface area contributed by atoms with Gasteiger partial charge in [-0.05, 0) is 35.1 Å². The Balaban J connectivity index is 2.58. The first-order chi connectivity index (χ1) is 9.11. The van der Waals surface area contributed by atoms with Crippen LogP contribution in [-0.4, -0.2) is 0 Å². The molecule has 0 unspecified atom stereocenters. The normalized spacial score (nSPS) is 11.6. The van der Waals surface area contributed by atoms with Crippen LogP contribution in [0, 0.1) is 0 Å². The van der Waals surface area contributed by atoms with Gasteiger partial charge in [0.15, 0.2) is 0 Å². The molecule has 0 nitrogen and oxygen atoms in total. The minimum Gasteiger partial charge on any atom is -0.0622 e. The maximum absolute atomic E-state index is 2.33. The van der Waals surface area contributed by atoms with Crippen molar-refractivity contribution in [3.05, 3.63) is 70.8 Å². The van der Waals surface area contributed by atoms with Crippen molar-refractivity contribution in [1.29, 1.82) is 0 Å². The summed E-state index contributed by atoms with van der Waals surface area (Å²) >= 11 is 0. The standard InChI is InChI=1S/C19H24/c1-5-15-11-10-14-18(17(15)6-2)19(3,4)16-12-8-7-9-13-16/h7-14H,5-6H2,1-4H3. The average Bonchev–Trinajstić information content (AvgIpc) is 2.47. The minimum absolute atomic E-state index is 0.0672. The van der Waals surface area contributed by atoms with Crippen LogP contribution in [0.5, 0.6) is 0 Å². The van der Waals surface area contributed by atoms with Gasteiger partial charge in [-0.3, -0.25) is 0 Å². The Labute approximate surface area is 117 Å². The first-order valence-corrected chi connectivity index (χ1v) is 7.28. The molecule has 0 fully saturated rings. The second kappa shape index (κ2) is 5.61. The van der Waals surface area contributed by atoms with E-state index in [1.54, 1.807) is 0 Å². The number of rotatable bonds is 4. The van der Waals surface area contributed by atoms with E-state index in [0.717, 1.165) is 12.8 Å². The predicted octanol–water partition coefficient (Wildman–Crippen LogP) is 5.14. The highest BCUT2D eigenvalue weighted by Gasteiger charge is 2.25. The van der Waals surface area contributed by atoms with E-state index in [1.807, 2.05) is 0 Å². The maximum Gasteiger partial charge on any atom is 0.0149 e. The van der Waals surface area contributed by atoms with E-state index in [2.05, 4.69) is 76.2 Å². The summed E-state index contributed by atoms with van der Waals surface area (Å²) in [4.78, 5) is 0. The molecule has 0 N–H and O–H groups in total. The average molecular weight is 252 g/mol. The molecule has 0 spiro atoms. The Kier molecular flexibility index (Phi) is 4.09. The lowest BCUT2D eigenvalue weighted by atomic mass is 9.74. The maximum atomic E-state index is 2.33. The first-order valence-electron chi connectivity index (χ1n) is 7.28. The van der Waals surface area contributed by atoms with Gasteiger partial charge < -0.3 is 0 Å². The number of hydrogen-bond acceptors (Lipinski definition) is 0. The lowest BCUT2D eigenvalue weighted by molar-refractivity contribution is 0.630. The van der Waals surface area contributed by atoms with Crippen molar-refractivity contribution >= 4 is 0 Å². The topological polar surface area (TPSA) is 0 Å². The zero-order chi connectivity index (χ0) is 13.9. The zero-order valence-corrected chi connectivity index (χ0v) is 12.5. The number of benzene rings is 2. The molecule has 0 aliphatic heterocycles. The highest BCUT2D eigenvalue weighted by molar-refractivity contribution is 5.45. The van der Waals surface area contributed by atoms with Crippen LogP contribution in [0.3, 0.4) is 0 Å². The lowest BCUT2D eigenvalue weighted by Gasteiger charge is -2.29. The van der Waals surface area contributed by atoms with E-state index in [9.17, 15) is 0 Å². The molecule has 0 bridgehead atoms. The SMILES string of the molecule is CCc1cccc(C(C)(C)c2ccccc2)c1CC. The number of hydrogen-bond donors (Lipinski definition) is 0. The third-order valence-electron chi connectivity index (χ3n) is 4.18. The van der Waals surface area contributed by atoms with Gasteiger partial charge in [0.05, 0.1) is 0 Å². The Hall–Kier alpha value is -1.56. The molecule has 0 aromatic heterocycles. The molecule has 100 valence electrons. The van der Waals surface area contributed by atoms with Gasteiger partial charge >= 0.3 is 0 Å². The Morgan fingerprint density at radius 2 is 1.47 bits per heavy atom. The fraction of sp³-hybridized carbons (Fsp3) is 0.368. The van der Waals surface area contributed by atoms with Gasteiger partial charge in [0, 0.05) is 5.41 Å². The van der Waals surface area contributed by atoms with Crippen LogP contribution < -0.4 is 0 Å². The van der Waals surface area contributed by atoms with E-state index in [4.69, 9.17) is 0 Å². The summed E-state index contributed by atoms with van der Waals surface area (Å²) in [6.45, 7) is 9.17. The Bertz CT molecular complexity index is 535. The third-order valence-corrected chi connectivity index (χ3v) is 4.18. The van der Waals surface area contributed by atoms with Gasteiger partial charge in [-0.25, -0.2) is 0 Å². The van der Waals surface area contributed by atoms with Gasteiger partial charge in [0.25, 0.3) is 0 Å². The Morgan fingerprint density at radius 1 is 0.789 bits per heavy atom. The van der Waals surface area contributed by atoms with Gasteiger partial charge in [0.1, 0.15) is 0 Å². The molecule has 19 heavy (non-hydrogen) atoms. The van der Waals surface area contributed by atoms with Crippen LogP contribution in [0.25, 0.3) is 0 Å². The van der Waals surface area contributed by atoms with Crippen molar-refractivity contribution in [3.63, 3.8) is 0 Å². The van der Waals surface area contributed by atoms with Crippen LogP contribution in [0.15, 0.2) is 48.5 Å². The molecule has 0 aliphatic carbocycles. The molecule has 0 saturated heterocycles. The molecule has 2 rings (SSSR count). The largest absolute Gasteiger partial charge is 0.0622 e. The van der Waals surface area contributed by atoms with Crippen LogP contribution in [0.2, 0.25) is 0 Å². The predicted molar refractivity (Wildman–Crippen MR) is 83.8 cm³/mol. The molecule has 0 aliphatic rings. The van der Waals surface area contributed by atoms with E-state index >= 15 is 0 Å². The van der Waals surface area contributed by atoms with Gasteiger partial charge in [-0.1, -0.05) is 76.2 Å². The summed E-state index contributed by atoms with van der Waals surface area (Å²) in [6.07, 6.45) is 2.22. The van der Waals surface area contributed by atoms with E-state index in [-0.39, 0.29) is 5.41 Å². The van der Waals surface area contributed by atoms with Crippen molar-refractivity contribution in [1.82, 2.24) is 0 Å². The van der Waals surface area contributed by atoms with Crippen LogP contribution in [0.1, 0.15) is 49.9 Å². The van der Waals surface area contributed by atoms with Gasteiger partial charge in [0.2, 0.25) is 0 Å². The highest BCUT2D eigenvalue weighted by atomic mass is 14.3. The van der Waals surface area contributed by atoms with E-state index in [0.29, 0.717) is 0 Å². The van der Waals surface area contributed by atoms with Gasteiger partial charge in [-0.15, -0.1) is 0 Å². The minimum atomic E-state index is 0.0672. The van der Waals surface area contributed by atoms with Crippen molar-refractivity contribution in [3.8, 4) is 0 Å². The van der Waals surface area contributed by atoms with Crippen molar-refractivity contribution in [2.45, 2.75) is 46.0 Å². The fourth-order valence-electron chi connectivity index (χ4n) is 2.98. The molecule has 2 aromatic carbocycles. The van der Waals surface area contributed by atoms with E-state index < -0.39 is 0 Å². The second-order valence-electron chi connectivity index (χ2n) is 5.64. The van der Waals surface area contributed by atoms with Crippen LogP contribution in [-0.2, 0) is 18.3 Å². The lowest BCUT2D eigenvalue weighted by Crippen LogP contribution is -2.21. The summed E-state index contributed by atoms with van der Waals surface area (Å²) < 4.78 is 0. The van der Waals surface area contributed by atoms with Crippen LogP contribution in [0.4, 0.5) is 0 Å². The van der Waals surface area contributed by atoms with Crippen molar-refractivity contribution < 1.29 is 0 Å². The summed E-state index contributed by atoms with van der Waals surface area (Å²) in [6, 6.07) is 17.6. The molecular weight excluding hydrogens is 228 g/mol. The monoisotopic (exact) mass is 252 g/mol. The summed E-state index contributed by atoms with van der Waals surface area (Å²) in [7, 11) is 0. The summed E-state index contributed by atoms with van der Waals surface area (Å²) in [5.74, 6) is 0. The van der Waals surface area contributed by atoms with Crippen molar-refractivity contribution in [2.24, 2.45) is 0 Å². The quantitative estimate of drug-likeness (QED) is 0.707. The summed E-state index contributed by atoms with van der Waals surface area (Å²) in [5.41, 5.74) is 5.94. The second-order valence-corrected chi connectivity index (χ2v) is 5.64. The molecule has 0 saturated carbocycles. The Morgan fingerprint density at radius 3 is 2.05 bits per heavy atom.